The Morgan fingerprint density at radius 2 is 1.88 bits per heavy atom. The normalized spacial score (nSPS) is 11.2. The fourth-order valence-electron chi connectivity index (χ4n) is 1.57. The number of ether oxygens (including phenoxy) is 1. The Morgan fingerprint density at radius 3 is 2.31 bits per heavy atom. The maximum Gasteiger partial charge on any atom is 0.315 e. The lowest BCUT2D eigenvalue weighted by molar-refractivity contribution is -0.146. The van der Waals surface area contributed by atoms with Crippen molar-refractivity contribution in [2.24, 2.45) is 0 Å². The molecular formula is C13H17ClO2. The summed E-state index contributed by atoms with van der Waals surface area (Å²) in [6.07, 6.45) is 0.848. The first-order chi connectivity index (χ1) is 7.52. The molecule has 0 bridgehead atoms. The van der Waals surface area contributed by atoms with E-state index in [1.54, 1.807) is 0 Å². The number of alkyl halides is 1. The molecule has 1 aromatic carbocycles. The van der Waals surface area contributed by atoms with Crippen LogP contribution in [0, 0.1) is 0 Å². The third-order valence-electron chi connectivity index (χ3n) is 2.75. The van der Waals surface area contributed by atoms with Crippen LogP contribution in [0.15, 0.2) is 24.3 Å². The average molecular weight is 241 g/mol. The molecule has 0 atom stereocenters. The molecule has 0 heterocycles. The van der Waals surface area contributed by atoms with Gasteiger partial charge in [0.05, 0.1) is 12.5 Å². The molecule has 0 aliphatic heterocycles. The van der Waals surface area contributed by atoms with Crippen LogP contribution in [-0.2, 0) is 21.4 Å². The summed E-state index contributed by atoms with van der Waals surface area (Å²) < 4.78 is 4.79. The van der Waals surface area contributed by atoms with Crippen molar-refractivity contribution in [3.8, 4) is 0 Å². The summed E-state index contributed by atoms with van der Waals surface area (Å²) in [4.78, 5) is 11.6. The van der Waals surface area contributed by atoms with E-state index in [1.165, 1.54) is 12.7 Å². The predicted octanol–water partition coefficient (Wildman–Crippen LogP) is 2.92. The Balaban J connectivity index is 2.92. The number of hydrogen-bond acceptors (Lipinski definition) is 2. The first-order valence-electron chi connectivity index (χ1n) is 5.26. The molecular weight excluding hydrogens is 224 g/mol. The summed E-state index contributed by atoms with van der Waals surface area (Å²) in [6.45, 7) is 3.71. The Hall–Kier alpha value is -1.02. The first kappa shape index (κ1) is 13.0. The molecule has 0 spiro atoms. The molecule has 0 N–H and O–H groups in total. The summed E-state index contributed by atoms with van der Waals surface area (Å²) in [5.74, 6) is 0.386. The van der Waals surface area contributed by atoms with Crippen LogP contribution < -0.4 is 0 Å². The van der Waals surface area contributed by atoms with Crippen LogP contribution in [0.25, 0.3) is 0 Å². The van der Waals surface area contributed by atoms with Gasteiger partial charge in [0.25, 0.3) is 0 Å². The van der Waals surface area contributed by atoms with Gasteiger partial charge < -0.3 is 4.74 Å². The number of methoxy groups -OCH3 is 1. The molecule has 1 rings (SSSR count). The van der Waals surface area contributed by atoms with Crippen molar-refractivity contribution in [1.82, 2.24) is 0 Å². The van der Waals surface area contributed by atoms with Crippen LogP contribution in [-0.4, -0.2) is 19.0 Å². The van der Waals surface area contributed by atoms with Gasteiger partial charge in [-0.2, -0.15) is 0 Å². The molecule has 0 unspecified atom stereocenters. The second-order valence-corrected chi connectivity index (χ2v) is 4.63. The molecule has 0 amide bonds. The van der Waals surface area contributed by atoms with Gasteiger partial charge in [-0.1, -0.05) is 24.3 Å². The van der Waals surface area contributed by atoms with E-state index in [0.29, 0.717) is 5.88 Å². The summed E-state index contributed by atoms with van der Waals surface area (Å²) in [5.41, 5.74) is 1.53. The van der Waals surface area contributed by atoms with Gasteiger partial charge in [0.15, 0.2) is 0 Å². The minimum absolute atomic E-state index is 0.224. The fourth-order valence-corrected chi connectivity index (χ4v) is 1.79. The number of esters is 1. The van der Waals surface area contributed by atoms with Gasteiger partial charge in [0.1, 0.15) is 0 Å². The maximum atomic E-state index is 11.6. The van der Waals surface area contributed by atoms with Gasteiger partial charge >= 0.3 is 5.97 Å². The van der Waals surface area contributed by atoms with Gasteiger partial charge in [-0.15, -0.1) is 11.6 Å². The lowest BCUT2D eigenvalue weighted by atomic mass is 9.84. The lowest BCUT2D eigenvalue weighted by Crippen LogP contribution is -2.30. The molecule has 0 radical (unpaired) electrons. The van der Waals surface area contributed by atoms with Gasteiger partial charge in [-0.25, -0.2) is 0 Å². The zero-order chi connectivity index (χ0) is 12.2. The highest BCUT2D eigenvalue weighted by atomic mass is 35.5. The molecule has 0 aliphatic rings. The van der Waals surface area contributed by atoms with Crippen molar-refractivity contribution in [2.45, 2.75) is 25.7 Å². The van der Waals surface area contributed by atoms with E-state index in [-0.39, 0.29) is 5.97 Å². The van der Waals surface area contributed by atoms with E-state index in [4.69, 9.17) is 16.3 Å². The Bertz CT molecular complexity index is 355. The smallest absolute Gasteiger partial charge is 0.315 e. The maximum absolute atomic E-state index is 11.6. The monoisotopic (exact) mass is 240 g/mol. The first-order valence-corrected chi connectivity index (χ1v) is 5.79. The highest BCUT2D eigenvalue weighted by Crippen LogP contribution is 2.24. The largest absolute Gasteiger partial charge is 0.468 e. The van der Waals surface area contributed by atoms with Gasteiger partial charge in [-0.3, -0.25) is 4.79 Å². The Kier molecular flexibility index (Phi) is 4.36. The van der Waals surface area contributed by atoms with Gasteiger partial charge in [0, 0.05) is 5.88 Å². The molecule has 0 saturated carbocycles. The predicted molar refractivity (Wildman–Crippen MR) is 65.9 cm³/mol. The third-order valence-corrected chi connectivity index (χ3v) is 2.94. The number of rotatable bonds is 4. The zero-order valence-electron chi connectivity index (χ0n) is 9.92. The quantitative estimate of drug-likeness (QED) is 0.598. The second-order valence-electron chi connectivity index (χ2n) is 4.25. The van der Waals surface area contributed by atoms with Gasteiger partial charge in [-0.05, 0) is 31.4 Å². The highest BCUT2D eigenvalue weighted by molar-refractivity contribution is 6.17. The zero-order valence-corrected chi connectivity index (χ0v) is 10.7. The van der Waals surface area contributed by atoms with Crippen molar-refractivity contribution in [1.29, 1.82) is 0 Å². The number of carbonyl (C=O) groups excluding carboxylic acids is 1. The van der Waals surface area contributed by atoms with Crippen molar-refractivity contribution in [3.05, 3.63) is 35.4 Å². The molecule has 88 valence electrons. The average Bonchev–Trinajstić information content (AvgIpc) is 2.29. The van der Waals surface area contributed by atoms with Crippen LogP contribution >= 0.6 is 11.6 Å². The molecule has 0 saturated heterocycles. The van der Waals surface area contributed by atoms with E-state index in [0.717, 1.165) is 12.0 Å². The van der Waals surface area contributed by atoms with E-state index < -0.39 is 5.41 Å². The number of aryl methyl sites for hydroxylation is 1. The molecule has 3 heteroatoms. The summed E-state index contributed by atoms with van der Waals surface area (Å²) in [7, 11) is 1.41. The molecule has 0 aromatic heterocycles. The fraction of sp³-hybridized carbons (Fsp3) is 0.462. The van der Waals surface area contributed by atoms with E-state index in [9.17, 15) is 4.79 Å². The van der Waals surface area contributed by atoms with Crippen LogP contribution in [0.3, 0.4) is 0 Å². The standard InChI is InChI=1S/C13H17ClO2/c1-13(2,12(15)16-3)11-6-4-10(5-7-11)8-9-14/h4-7H,8-9H2,1-3H3. The third kappa shape index (κ3) is 2.76. The molecule has 0 aliphatic carbocycles. The number of hydrogen-bond donors (Lipinski definition) is 0. The van der Waals surface area contributed by atoms with Gasteiger partial charge in [0.2, 0.25) is 0 Å². The van der Waals surface area contributed by atoms with Crippen LogP contribution in [0.4, 0.5) is 0 Å². The minimum Gasteiger partial charge on any atom is -0.468 e. The van der Waals surface area contributed by atoms with Crippen LogP contribution in [0.2, 0.25) is 0 Å². The highest BCUT2D eigenvalue weighted by Gasteiger charge is 2.30. The molecule has 2 nitrogen and oxygen atoms in total. The topological polar surface area (TPSA) is 26.3 Å². The van der Waals surface area contributed by atoms with E-state index >= 15 is 0 Å². The second kappa shape index (κ2) is 5.35. The summed E-state index contributed by atoms with van der Waals surface area (Å²) in [6, 6.07) is 7.92. The SMILES string of the molecule is COC(=O)C(C)(C)c1ccc(CCCl)cc1. The van der Waals surface area contributed by atoms with Crippen molar-refractivity contribution in [2.75, 3.05) is 13.0 Å². The molecule has 0 fully saturated rings. The molecule has 16 heavy (non-hydrogen) atoms. The lowest BCUT2D eigenvalue weighted by Gasteiger charge is -2.22. The Labute approximate surface area is 102 Å². The van der Waals surface area contributed by atoms with Crippen molar-refractivity contribution >= 4 is 17.6 Å². The van der Waals surface area contributed by atoms with E-state index in [2.05, 4.69) is 0 Å². The minimum atomic E-state index is -0.603. The summed E-state index contributed by atoms with van der Waals surface area (Å²) in [5, 5.41) is 0. The number of halogens is 1. The number of benzene rings is 1. The van der Waals surface area contributed by atoms with Crippen LogP contribution in [0.1, 0.15) is 25.0 Å². The van der Waals surface area contributed by atoms with Crippen LogP contribution in [0.5, 0.6) is 0 Å². The van der Waals surface area contributed by atoms with Crippen molar-refractivity contribution in [3.63, 3.8) is 0 Å². The Morgan fingerprint density at radius 1 is 1.31 bits per heavy atom. The number of carbonyl (C=O) groups is 1. The van der Waals surface area contributed by atoms with E-state index in [1.807, 2.05) is 38.1 Å². The van der Waals surface area contributed by atoms with Crippen molar-refractivity contribution < 1.29 is 9.53 Å². The molecule has 1 aromatic rings. The summed E-state index contributed by atoms with van der Waals surface area (Å²) >= 11 is 5.66.